The van der Waals surface area contributed by atoms with Crippen molar-refractivity contribution in [3.05, 3.63) is 41.9 Å². The number of anilines is 1. The molecule has 0 bridgehead atoms. The summed E-state index contributed by atoms with van der Waals surface area (Å²) in [4.78, 5) is 6.86. The van der Waals surface area contributed by atoms with Gasteiger partial charge in [-0.2, -0.15) is 0 Å². The fraction of sp³-hybridized carbons (Fsp3) is 0.500. The van der Waals surface area contributed by atoms with Crippen LogP contribution in [-0.4, -0.2) is 50.8 Å². The highest BCUT2D eigenvalue weighted by atomic mass is 16.5. The number of likely N-dealkylation sites (tertiary alicyclic amines) is 1. The molecule has 0 saturated carbocycles. The predicted octanol–water partition coefficient (Wildman–Crippen LogP) is 3.57. The fourth-order valence-electron chi connectivity index (χ4n) is 3.85. The van der Waals surface area contributed by atoms with E-state index in [4.69, 9.17) is 13.9 Å². The highest BCUT2D eigenvalue weighted by molar-refractivity contribution is 5.93. The molecule has 1 unspecified atom stereocenters. The second-order valence-electron chi connectivity index (χ2n) is 7.50. The van der Waals surface area contributed by atoms with Crippen molar-refractivity contribution in [1.82, 2.24) is 10.2 Å². The quantitative estimate of drug-likeness (QED) is 0.593. The molecule has 7 nitrogen and oxygen atoms in total. The van der Waals surface area contributed by atoms with Gasteiger partial charge in [0.1, 0.15) is 11.5 Å². The van der Waals surface area contributed by atoms with Crippen LogP contribution in [0.15, 0.2) is 39.7 Å². The van der Waals surface area contributed by atoms with E-state index in [0.29, 0.717) is 19.2 Å². The van der Waals surface area contributed by atoms with Gasteiger partial charge in [-0.1, -0.05) is 0 Å². The average Bonchev–Trinajstić information content (AvgIpc) is 3.35. The van der Waals surface area contributed by atoms with E-state index in [1.807, 2.05) is 31.2 Å². The SMILES string of the molecule is CN=C(NCC(c1ccc(C)o1)N1CCCC1)Nc1ccc2c(c1)OCCCO2. The van der Waals surface area contributed by atoms with Crippen molar-refractivity contribution >= 4 is 11.6 Å². The van der Waals surface area contributed by atoms with Gasteiger partial charge in [0, 0.05) is 31.8 Å². The Bertz CT molecular complexity index is 842. The summed E-state index contributed by atoms with van der Waals surface area (Å²) in [6.07, 6.45) is 3.37. The largest absolute Gasteiger partial charge is 0.490 e. The van der Waals surface area contributed by atoms with E-state index < -0.39 is 0 Å². The first-order valence-corrected chi connectivity index (χ1v) is 10.4. The van der Waals surface area contributed by atoms with Crippen molar-refractivity contribution in [1.29, 1.82) is 0 Å². The molecule has 0 amide bonds. The summed E-state index contributed by atoms with van der Waals surface area (Å²) in [5.41, 5.74) is 0.911. The third-order valence-electron chi connectivity index (χ3n) is 5.37. The summed E-state index contributed by atoms with van der Waals surface area (Å²) in [6.45, 7) is 6.26. The lowest BCUT2D eigenvalue weighted by atomic mass is 10.2. The molecule has 1 saturated heterocycles. The molecule has 4 rings (SSSR count). The van der Waals surface area contributed by atoms with Crippen LogP contribution in [-0.2, 0) is 0 Å². The van der Waals surface area contributed by atoms with Crippen LogP contribution in [0.5, 0.6) is 11.5 Å². The minimum absolute atomic E-state index is 0.188. The molecule has 2 aliphatic heterocycles. The van der Waals surface area contributed by atoms with Gasteiger partial charge in [0.2, 0.25) is 0 Å². The molecule has 0 radical (unpaired) electrons. The zero-order chi connectivity index (χ0) is 20.1. The summed E-state index contributed by atoms with van der Waals surface area (Å²) in [6, 6.07) is 10.2. The van der Waals surface area contributed by atoms with Crippen molar-refractivity contribution in [2.45, 2.75) is 32.2 Å². The predicted molar refractivity (Wildman–Crippen MR) is 114 cm³/mol. The number of aliphatic imine (C=N–C) groups is 1. The Morgan fingerprint density at radius 3 is 2.59 bits per heavy atom. The second-order valence-corrected chi connectivity index (χ2v) is 7.50. The van der Waals surface area contributed by atoms with Gasteiger partial charge in [0.15, 0.2) is 17.5 Å². The van der Waals surface area contributed by atoms with E-state index in [-0.39, 0.29) is 6.04 Å². The van der Waals surface area contributed by atoms with Gasteiger partial charge in [-0.15, -0.1) is 0 Å². The average molecular weight is 399 g/mol. The van der Waals surface area contributed by atoms with E-state index in [0.717, 1.165) is 54.8 Å². The molecule has 156 valence electrons. The third-order valence-corrected chi connectivity index (χ3v) is 5.37. The van der Waals surface area contributed by atoms with E-state index in [1.54, 1.807) is 7.05 Å². The number of benzene rings is 1. The number of fused-ring (bicyclic) bond motifs is 1. The van der Waals surface area contributed by atoms with E-state index in [2.05, 4.69) is 26.6 Å². The van der Waals surface area contributed by atoms with Crippen molar-refractivity contribution in [2.24, 2.45) is 4.99 Å². The highest BCUT2D eigenvalue weighted by Crippen LogP contribution is 2.32. The molecule has 3 heterocycles. The Morgan fingerprint density at radius 1 is 1.07 bits per heavy atom. The highest BCUT2D eigenvalue weighted by Gasteiger charge is 2.26. The molecular weight excluding hydrogens is 368 g/mol. The van der Waals surface area contributed by atoms with Crippen LogP contribution in [0.1, 0.15) is 36.8 Å². The molecule has 2 aliphatic rings. The van der Waals surface area contributed by atoms with Crippen LogP contribution in [0.3, 0.4) is 0 Å². The topological polar surface area (TPSA) is 71.3 Å². The first-order valence-electron chi connectivity index (χ1n) is 10.4. The second kappa shape index (κ2) is 9.22. The molecule has 1 atom stereocenters. The summed E-state index contributed by atoms with van der Waals surface area (Å²) in [5, 5.41) is 6.82. The normalized spacial score (nSPS) is 18.3. The minimum Gasteiger partial charge on any atom is -0.490 e. The summed E-state index contributed by atoms with van der Waals surface area (Å²) < 4.78 is 17.4. The van der Waals surface area contributed by atoms with Crippen LogP contribution < -0.4 is 20.1 Å². The van der Waals surface area contributed by atoms with Crippen LogP contribution in [0, 0.1) is 6.92 Å². The van der Waals surface area contributed by atoms with Crippen LogP contribution in [0.2, 0.25) is 0 Å². The van der Waals surface area contributed by atoms with Crippen molar-refractivity contribution in [3.8, 4) is 11.5 Å². The number of hydrogen-bond acceptors (Lipinski definition) is 5. The number of ether oxygens (including phenoxy) is 2. The number of furan rings is 1. The maximum Gasteiger partial charge on any atom is 0.195 e. The third kappa shape index (κ3) is 4.85. The smallest absolute Gasteiger partial charge is 0.195 e. The van der Waals surface area contributed by atoms with Gasteiger partial charge in [0.25, 0.3) is 0 Å². The fourth-order valence-corrected chi connectivity index (χ4v) is 3.85. The monoisotopic (exact) mass is 398 g/mol. The van der Waals surface area contributed by atoms with E-state index in [1.165, 1.54) is 12.8 Å². The first-order chi connectivity index (χ1) is 14.2. The Morgan fingerprint density at radius 2 is 1.86 bits per heavy atom. The van der Waals surface area contributed by atoms with Crippen molar-refractivity contribution in [2.75, 3.05) is 45.2 Å². The zero-order valence-corrected chi connectivity index (χ0v) is 17.2. The first kappa shape index (κ1) is 19.6. The molecule has 1 fully saturated rings. The van der Waals surface area contributed by atoms with Crippen molar-refractivity contribution < 1.29 is 13.9 Å². The molecule has 0 aliphatic carbocycles. The van der Waals surface area contributed by atoms with Crippen LogP contribution in [0.4, 0.5) is 5.69 Å². The number of nitrogens with zero attached hydrogens (tertiary/aromatic N) is 2. The van der Waals surface area contributed by atoms with Gasteiger partial charge in [-0.25, -0.2) is 0 Å². The molecule has 1 aromatic carbocycles. The van der Waals surface area contributed by atoms with Gasteiger partial charge >= 0.3 is 0 Å². The van der Waals surface area contributed by atoms with Crippen LogP contribution >= 0.6 is 0 Å². The van der Waals surface area contributed by atoms with E-state index >= 15 is 0 Å². The minimum atomic E-state index is 0.188. The standard InChI is InChI=1S/C22H30N4O3/c1-16-6-8-19(29-16)18(26-10-3-4-11-26)15-24-22(23-2)25-17-7-9-20-21(14-17)28-13-5-12-27-20/h6-9,14,18H,3-5,10-13,15H2,1-2H3,(H2,23,24,25). The zero-order valence-electron chi connectivity index (χ0n) is 17.2. The molecule has 2 N–H and O–H groups in total. The number of nitrogens with one attached hydrogen (secondary N) is 2. The number of hydrogen-bond donors (Lipinski definition) is 2. The lowest BCUT2D eigenvalue weighted by Crippen LogP contribution is -2.39. The summed E-state index contributed by atoms with van der Waals surface area (Å²) >= 11 is 0. The maximum atomic E-state index is 5.94. The lowest BCUT2D eigenvalue weighted by molar-refractivity contribution is 0.214. The Kier molecular flexibility index (Phi) is 6.24. The molecule has 7 heteroatoms. The Labute approximate surface area is 172 Å². The Balaban J connectivity index is 1.42. The molecule has 1 aromatic heterocycles. The Hall–Kier alpha value is -2.67. The molecular formula is C22H30N4O3. The summed E-state index contributed by atoms with van der Waals surface area (Å²) in [5.74, 6) is 4.22. The molecule has 29 heavy (non-hydrogen) atoms. The molecule has 0 spiro atoms. The van der Waals surface area contributed by atoms with Crippen molar-refractivity contribution in [3.63, 3.8) is 0 Å². The summed E-state index contributed by atoms with van der Waals surface area (Å²) in [7, 11) is 1.78. The van der Waals surface area contributed by atoms with Gasteiger partial charge < -0.3 is 24.5 Å². The van der Waals surface area contributed by atoms with E-state index in [9.17, 15) is 0 Å². The van der Waals surface area contributed by atoms with Gasteiger partial charge in [0.05, 0.1) is 19.3 Å². The van der Waals surface area contributed by atoms with Crippen LogP contribution in [0.25, 0.3) is 0 Å². The number of guanidine groups is 1. The number of rotatable bonds is 5. The maximum absolute atomic E-state index is 5.94. The van der Waals surface area contributed by atoms with Gasteiger partial charge in [-0.05, 0) is 57.1 Å². The lowest BCUT2D eigenvalue weighted by Gasteiger charge is -2.26. The molecule has 2 aromatic rings. The van der Waals surface area contributed by atoms with Gasteiger partial charge in [-0.3, -0.25) is 9.89 Å². The number of aryl methyl sites for hydroxylation is 1.